The molecule has 0 aliphatic heterocycles. The van der Waals surface area contributed by atoms with Crippen LogP contribution in [0.3, 0.4) is 0 Å². The zero-order valence-corrected chi connectivity index (χ0v) is 12.8. The first-order chi connectivity index (χ1) is 11.5. The fourth-order valence-corrected chi connectivity index (χ4v) is 2.21. The molecular formula is C16H12N2O6. The predicted octanol–water partition coefficient (Wildman–Crippen LogP) is 3.27. The Hall–Kier alpha value is -3.42. The molecule has 0 unspecified atom stereocenters. The van der Waals surface area contributed by atoms with Gasteiger partial charge >= 0.3 is 11.7 Å². The summed E-state index contributed by atoms with van der Waals surface area (Å²) in [6, 6.07) is 8.57. The average molecular weight is 328 g/mol. The summed E-state index contributed by atoms with van der Waals surface area (Å²) >= 11 is 0. The number of nitro benzene ring substituents is 1. The summed E-state index contributed by atoms with van der Waals surface area (Å²) in [5.41, 5.74) is 1.06. The molecule has 8 heteroatoms. The van der Waals surface area contributed by atoms with Gasteiger partial charge in [0.25, 0.3) is 0 Å². The normalized spacial score (nSPS) is 10.6. The number of carbonyl (C=O) groups is 1. The summed E-state index contributed by atoms with van der Waals surface area (Å²) < 4.78 is 15.6. The van der Waals surface area contributed by atoms with Gasteiger partial charge in [-0.1, -0.05) is 0 Å². The molecule has 2 aromatic carbocycles. The lowest BCUT2D eigenvalue weighted by molar-refractivity contribution is -0.385. The summed E-state index contributed by atoms with van der Waals surface area (Å²) in [6.07, 6.45) is 0. The van der Waals surface area contributed by atoms with Crippen LogP contribution >= 0.6 is 0 Å². The van der Waals surface area contributed by atoms with Crippen LogP contribution < -0.4 is 9.47 Å². The smallest absolute Gasteiger partial charge is 0.343 e. The first-order valence-electron chi connectivity index (χ1n) is 6.90. The molecule has 0 amide bonds. The molecule has 1 heterocycles. The predicted molar refractivity (Wildman–Crippen MR) is 83.4 cm³/mol. The molecule has 0 saturated carbocycles. The molecule has 122 valence electrons. The monoisotopic (exact) mass is 328 g/mol. The lowest BCUT2D eigenvalue weighted by atomic mass is 10.2. The zero-order valence-electron chi connectivity index (χ0n) is 12.8. The van der Waals surface area contributed by atoms with E-state index < -0.39 is 10.9 Å². The zero-order chi connectivity index (χ0) is 17.3. The van der Waals surface area contributed by atoms with Crippen molar-refractivity contribution in [3.63, 3.8) is 0 Å². The van der Waals surface area contributed by atoms with Crippen LogP contribution in [0.2, 0.25) is 0 Å². The average Bonchev–Trinajstić information content (AvgIpc) is 2.93. The van der Waals surface area contributed by atoms with Crippen molar-refractivity contribution < 1.29 is 23.6 Å². The van der Waals surface area contributed by atoms with Gasteiger partial charge in [0, 0.05) is 25.1 Å². The number of esters is 1. The molecule has 0 bridgehead atoms. The second-order valence-electron chi connectivity index (χ2n) is 4.90. The third-order valence-electron chi connectivity index (χ3n) is 3.29. The van der Waals surface area contributed by atoms with E-state index in [4.69, 9.17) is 13.9 Å². The number of nitro groups is 1. The number of hydrogen-bond acceptors (Lipinski definition) is 7. The van der Waals surface area contributed by atoms with E-state index in [1.165, 1.54) is 25.3 Å². The van der Waals surface area contributed by atoms with E-state index in [2.05, 4.69) is 4.98 Å². The Kier molecular flexibility index (Phi) is 3.87. The highest BCUT2D eigenvalue weighted by Crippen LogP contribution is 2.28. The van der Waals surface area contributed by atoms with Gasteiger partial charge in [0.15, 0.2) is 17.2 Å². The lowest BCUT2D eigenvalue weighted by Crippen LogP contribution is -2.09. The van der Waals surface area contributed by atoms with Gasteiger partial charge in [0.2, 0.25) is 0 Å². The maximum atomic E-state index is 12.2. The molecule has 0 aliphatic carbocycles. The van der Waals surface area contributed by atoms with E-state index in [0.29, 0.717) is 17.0 Å². The van der Waals surface area contributed by atoms with Crippen molar-refractivity contribution in [1.82, 2.24) is 4.98 Å². The summed E-state index contributed by atoms with van der Waals surface area (Å²) in [5, 5.41) is 10.9. The molecule has 0 N–H and O–H groups in total. The van der Waals surface area contributed by atoms with Gasteiger partial charge in [-0.15, -0.1) is 0 Å². The topological polar surface area (TPSA) is 105 Å². The fraction of sp³-hybridized carbons (Fsp3) is 0.125. The molecule has 0 spiro atoms. The second-order valence-corrected chi connectivity index (χ2v) is 4.90. The molecule has 0 aliphatic rings. The number of aryl methyl sites for hydroxylation is 1. The molecule has 0 fully saturated rings. The van der Waals surface area contributed by atoms with Gasteiger partial charge in [-0.2, -0.15) is 0 Å². The minimum Gasteiger partial charge on any atom is -0.490 e. The van der Waals surface area contributed by atoms with Crippen molar-refractivity contribution in [2.75, 3.05) is 7.11 Å². The third kappa shape index (κ3) is 2.89. The van der Waals surface area contributed by atoms with E-state index in [1.807, 2.05) is 0 Å². The summed E-state index contributed by atoms with van der Waals surface area (Å²) in [7, 11) is 1.29. The Balaban J connectivity index is 1.86. The number of hydrogen-bond donors (Lipinski definition) is 0. The number of benzene rings is 2. The van der Waals surface area contributed by atoms with Crippen molar-refractivity contribution in [2.24, 2.45) is 0 Å². The van der Waals surface area contributed by atoms with E-state index in [-0.39, 0.29) is 22.7 Å². The van der Waals surface area contributed by atoms with Crippen LogP contribution in [0, 0.1) is 17.0 Å². The first-order valence-corrected chi connectivity index (χ1v) is 6.90. The first kappa shape index (κ1) is 15.5. The maximum absolute atomic E-state index is 12.2. The minimum atomic E-state index is -0.668. The van der Waals surface area contributed by atoms with E-state index in [0.717, 1.165) is 0 Å². The van der Waals surface area contributed by atoms with Crippen LogP contribution in [0.1, 0.15) is 16.2 Å². The van der Waals surface area contributed by atoms with Gasteiger partial charge < -0.3 is 13.9 Å². The molecular weight excluding hydrogens is 316 g/mol. The highest BCUT2D eigenvalue weighted by atomic mass is 16.6. The molecule has 8 nitrogen and oxygen atoms in total. The highest BCUT2D eigenvalue weighted by molar-refractivity contribution is 5.92. The Labute approximate surface area is 135 Å². The van der Waals surface area contributed by atoms with Crippen molar-refractivity contribution in [3.8, 4) is 11.5 Å². The number of carbonyl (C=O) groups excluding carboxylic acids is 1. The van der Waals surface area contributed by atoms with Crippen molar-refractivity contribution >= 4 is 22.8 Å². The molecule has 3 aromatic rings. The van der Waals surface area contributed by atoms with E-state index >= 15 is 0 Å². The molecule has 3 rings (SSSR count). The van der Waals surface area contributed by atoms with Crippen LogP contribution in [0.25, 0.3) is 11.1 Å². The van der Waals surface area contributed by atoms with Crippen molar-refractivity contribution in [3.05, 3.63) is 58.0 Å². The number of ether oxygens (including phenoxy) is 2. The highest BCUT2D eigenvalue weighted by Gasteiger charge is 2.18. The van der Waals surface area contributed by atoms with E-state index in [1.54, 1.807) is 25.1 Å². The molecule has 24 heavy (non-hydrogen) atoms. The number of nitrogens with zero attached hydrogens (tertiary/aromatic N) is 2. The second kappa shape index (κ2) is 5.99. The molecule has 0 saturated heterocycles. The van der Waals surface area contributed by atoms with Crippen LogP contribution in [0.5, 0.6) is 11.5 Å². The van der Waals surface area contributed by atoms with Crippen LogP contribution in [-0.2, 0) is 0 Å². The van der Waals surface area contributed by atoms with Crippen molar-refractivity contribution in [2.45, 2.75) is 6.92 Å². The van der Waals surface area contributed by atoms with Crippen LogP contribution in [0.15, 0.2) is 40.8 Å². The molecule has 0 radical (unpaired) electrons. The largest absolute Gasteiger partial charge is 0.490 e. The summed E-state index contributed by atoms with van der Waals surface area (Å²) in [5.74, 6) is 0.101. The maximum Gasteiger partial charge on any atom is 0.343 e. The molecule has 1 aromatic heterocycles. The van der Waals surface area contributed by atoms with Gasteiger partial charge in [0.05, 0.1) is 17.6 Å². The van der Waals surface area contributed by atoms with Crippen LogP contribution in [-0.4, -0.2) is 23.0 Å². The van der Waals surface area contributed by atoms with Gasteiger partial charge in [-0.25, -0.2) is 9.78 Å². The number of fused-ring (bicyclic) bond motifs is 1. The fourth-order valence-electron chi connectivity index (χ4n) is 2.21. The van der Waals surface area contributed by atoms with Crippen molar-refractivity contribution in [1.29, 1.82) is 0 Å². The summed E-state index contributed by atoms with van der Waals surface area (Å²) in [6.45, 7) is 1.72. The standard InChI is InChI=1S/C16H12N2O6/c1-9-17-12-5-4-11(8-14(12)23-9)24-16(19)10-3-6-13(18(20)21)15(7-10)22-2/h3-8H,1-2H3. The Morgan fingerprint density at radius 1 is 1.25 bits per heavy atom. The van der Waals surface area contributed by atoms with Crippen LogP contribution in [0.4, 0.5) is 5.69 Å². The quantitative estimate of drug-likeness (QED) is 0.313. The SMILES string of the molecule is COc1cc(C(=O)Oc2ccc3nc(C)oc3c2)ccc1[N+](=O)[O-]. The Morgan fingerprint density at radius 2 is 2.04 bits per heavy atom. The van der Waals surface area contributed by atoms with Gasteiger partial charge in [-0.3, -0.25) is 10.1 Å². The number of oxazole rings is 1. The lowest BCUT2D eigenvalue weighted by Gasteiger charge is -2.06. The third-order valence-corrected chi connectivity index (χ3v) is 3.29. The number of aromatic nitrogens is 1. The van der Waals surface area contributed by atoms with Gasteiger partial charge in [-0.05, 0) is 18.2 Å². The Morgan fingerprint density at radius 3 is 2.75 bits per heavy atom. The number of rotatable bonds is 4. The Bertz CT molecular complexity index is 947. The number of methoxy groups -OCH3 is 1. The molecule has 0 atom stereocenters. The summed E-state index contributed by atoms with van der Waals surface area (Å²) in [4.78, 5) is 26.6. The minimum absolute atomic E-state index is 0.0178. The van der Waals surface area contributed by atoms with E-state index in [9.17, 15) is 14.9 Å². The van der Waals surface area contributed by atoms with Gasteiger partial charge in [0.1, 0.15) is 11.3 Å².